The molecule has 0 aliphatic heterocycles. The van der Waals surface area contributed by atoms with E-state index in [1.165, 1.54) is 0 Å². The summed E-state index contributed by atoms with van der Waals surface area (Å²) in [6, 6.07) is 14.6. The Bertz CT molecular complexity index is 1600. The number of carboxylic acid groups (broad SMARTS) is 2. The molecule has 1 aromatic heterocycles. The van der Waals surface area contributed by atoms with Gasteiger partial charge in [-0.05, 0) is 36.1 Å². The smallest absolute Gasteiger partial charge is 0.475 e. The van der Waals surface area contributed by atoms with Crippen molar-refractivity contribution >= 4 is 35.5 Å². The molecule has 0 atom stereocenters. The normalized spacial score (nSPS) is 10.7. The van der Waals surface area contributed by atoms with Crippen LogP contribution in [-0.2, 0) is 32.1 Å². The SMILES string of the molecule is CCOC(=O)CNC(=O)c1cn(Cc2cccc(C(=N)N)c2)cc1Cc1ccc(C(=N)N)cc1.O=C(O)C(F)(F)F.O=C(O)C(F)(F)F. The number of carbonyl (C=O) groups is 4. The lowest BCUT2D eigenvalue weighted by atomic mass is 10.0. The fourth-order valence-corrected chi connectivity index (χ4v) is 3.52. The van der Waals surface area contributed by atoms with Gasteiger partial charge in [0.2, 0.25) is 0 Å². The van der Waals surface area contributed by atoms with Gasteiger partial charge in [0, 0.05) is 30.1 Å². The summed E-state index contributed by atoms with van der Waals surface area (Å²) < 4.78 is 70.2. The molecule has 0 saturated heterocycles. The molecule has 0 spiro atoms. The summed E-state index contributed by atoms with van der Waals surface area (Å²) >= 11 is 0. The van der Waals surface area contributed by atoms with Gasteiger partial charge in [0.05, 0.1) is 12.2 Å². The molecule has 9 N–H and O–H groups in total. The van der Waals surface area contributed by atoms with Gasteiger partial charge in [-0.25, -0.2) is 9.59 Å². The number of nitrogens with one attached hydrogen (secondary N) is 3. The van der Waals surface area contributed by atoms with Crippen LogP contribution in [-0.4, -0.2) is 75.8 Å². The number of nitrogens with zero attached hydrogens (tertiary/aromatic N) is 1. The fraction of sp³-hybridized carbons (Fsp3) is 0.241. The number of carboxylic acids is 2. The molecule has 0 bridgehead atoms. The summed E-state index contributed by atoms with van der Waals surface area (Å²) in [6.07, 6.45) is -6.07. The Hall–Kier alpha value is -5.88. The average Bonchev–Trinajstić information content (AvgIpc) is 3.37. The predicted octanol–water partition coefficient (Wildman–Crippen LogP) is 3.25. The lowest BCUT2D eigenvalue weighted by Gasteiger charge is -2.07. The number of alkyl halides is 6. The first kappa shape index (κ1) is 40.1. The topological polar surface area (TPSA) is 235 Å². The van der Waals surface area contributed by atoms with E-state index in [-0.39, 0.29) is 30.7 Å². The number of nitrogens with two attached hydrogens (primary N) is 2. The van der Waals surface area contributed by atoms with E-state index in [1.54, 1.807) is 31.3 Å². The van der Waals surface area contributed by atoms with Crippen LogP contribution >= 0.6 is 0 Å². The van der Waals surface area contributed by atoms with Gasteiger partial charge in [-0.2, -0.15) is 26.3 Å². The molecule has 2 aromatic carbocycles. The van der Waals surface area contributed by atoms with E-state index < -0.39 is 30.3 Å². The van der Waals surface area contributed by atoms with Crippen LogP contribution in [0.15, 0.2) is 60.9 Å². The van der Waals surface area contributed by atoms with Gasteiger partial charge in [-0.1, -0.05) is 42.5 Å². The molecule has 3 aromatic rings. The zero-order valence-electron chi connectivity index (χ0n) is 24.9. The van der Waals surface area contributed by atoms with Crippen molar-refractivity contribution in [3.63, 3.8) is 0 Å². The van der Waals surface area contributed by atoms with Gasteiger partial charge in [-0.3, -0.25) is 20.4 Å². The molecule has 48 heavy (non-hydrogen) atoms. The minimum absolute atomic E-state index is 0.00970. The third-order valence-electron chi connectivity index (χ3n) is 5.65. The van der Waals surface area contributed by atoms with Crippen LogP contribution < -0.4 is 16.8 Å². The molecular formula is C29H30F6N6O7. The average molecular weight is 689 g/mol. The Morgan fingerprint density at radius 3 is 1.81 bits per heavy atom. The molecule has 0 unspecified atom stereocenters. The van der Waals surface area contributed by atoms with Crippen molar-refractivity contribution in [1.82, 2.24) is 9.88 Å². The second-order valence-electron chi connectivity index (χ2n) is 9.36. The van der Waals surface area contributed by atoms with Gasteiger partial charge in [0.25, 0.3) is 5.91 Å². The van der Waals surface area contributed by atoms with Crippen LogP contribution in [0, 0.1) is 10.8 Å². The van der Waals surface area contributed by atoms with E-state index in [4.69, 9.17) is 46.8 Å². The number of aliphatic carboxylic acids is 2. The molecule has 0 radical (unpaired) electrons. The lowest BCUT2D eigenvalue weighted by molar-refractivity contribution is -0.193. The van der Waals surface area contributed by atoms with E-state index in [0.717, 1.165) is 16.7 Å². The molecule has 0 aliphatic carbocycles. The molecule has 260 valence electrons. The minimum atomic E-state index is -5.08. The zero-order chi connectivity index (χ0) is 36.8. The molecule has 0 aliphatic rings. The molecular weight excluding hydrogens is 658 g/mol. The number of amides is 1. The highest BCUT2D eigenvalue weighted by Gasteiger charge is 2.38. The lowest BCUT2D eigenvalue weighted by Crippen LogP contribution is -2.31. The summed E-state index contributed by atoms with van der Waals surface area (Å²) in [7, 11) is 0. The van der Waals surface area contributed by atoms with Gasteiger partial charge < -0.3 is 36.3 Å². The Labute approximate surface area is 268 Å². The molecule has 3 rings (SSSR count). The maximum absolute atomic E-state index is 12.9. The van der Waals surface area contributed by atoms with Crippen LogP contribution in [0.4, 0.5) is 26.3 Å². The minimum Gasteiger partial charge on any atom is -0.475 e. The van der Waals surface area contributed by atoms with Crippen molar-refractivity contribution in [1.29, 1.82) is 10.8 Å². The highest BCUT2D eigenvalue weighted by molar-refractivity contribution is 5.97. The maximum atomic E-state index is 12.9. The second kappa shape index (κ2) is 17.7. The molecule has 1 heterocycles. The first-order valence-electron chi connectivity index (χ1n) is 13.2. The Kier molecular flexibility index (Phi) is 14.8. The Morgan fingerprint density at radius 1 is 0.833 bits per heavy atom. The number of nitrogen functional groups attached to an aromatic ring is 2. The molecule has 13 nitrogen and oxygen atoms in total. The number of hydrogen-bond acceptors (Lipinski definition) is 7. The van der Waals surface area contributed by atoms with Gasteiger partial charge in [-0.15, -0.1) is 0 Å². The van der Waals surface area contributed by atoms with E-state index in [2.05, 4.69) is 5.32 Å². The number of carbonyl (C=O) groups excluding carboxylic acids is 2. The van der Waals surface area contributed by atoms with Crippen molar-refractivity contribution in [2.75, 3.05) is 13.2 Å². The Balaban J connectivity index is 0.000000687. The van der Waals surface area contributed by atoms with E-state index in [1.807, 2.05) is 41.1 Å². The number of ether oxygens (including phenoxy) is 1. The Morgan fingerprint density at radius 2 is 1.35 bits per heavy atom. The molecule has 1 amide bonds. The van der Waals surface area contributed by atoms with Crippen LogP contribution in [0.2, 0.25) is 0 Å². The fourth-order valence-electron chi connectivity index (χ4n) is 3.52. The summed E-state index contributed by atoms with van der Waals surface area (Å²) in [5.74, 6) is -6.41. The number of benzene rings is 2. The van der Waals surface area contributed by atoms with Gasteiger partial charge in [0.15, 0.2) is 0 Å². The van der Waals surface area contributed by atoms with Gasteiger partial charge >= 0.3 is 30.3 Å². The first-order chi connectivity index (χ1) is 22.1. The van der Waals surface area contributed by atoms with E-state index >= 15 is 0 Å². The number of rotatable bonds is 10. The molecule has 0 fully saturated rings. The largest absolute Gasteiger partial charge is 0.490 e. The number of halogens is 6. The molecule has 19 heteroatoms. The molecule has 0 saturated carbocycles. The van der Waals surface area contributed by atoms with Crippen molar-refractivity contribution < 1.29 is 60.5 Å². The highest BCUT2D eigenvalue weighted by Crippen LogP contribution is 2.19. The highest BCUT2D eigenvalue weighted by atomic mass is 19.4. The second-order valence-corrected chi connectivity index (χ2v) is 9.36. The number of hydrogen-bond donors (Lipinski definition) is 7. The summed E-state index contributed by atoms with van der Waals surface area (Å²) in [6.45, 7) is 2.20. The van der Waals surface area contributed by atoms with Crippen LogP contribution in [0.25, 0.3) is 0 Å². The third-order valence-corrected chi connectivity index (χ3v) is 5.65. The third kappa shape index (κ3) is 14.0. The quantitative estimate of drug-likeness (QED) is 0.0716. The standard InChI is InChI=1S/C25H28N6O3.2C2HF3O2/c1-2-34-22(32)12-30-25(33)21-15-31(13-17-4-3-5-19(11-17)24(28)29)14-20(21)10-16-6-8-18(9-7-16)23(26)27;2*3-2(4,5)1(6)7/h3-9,11,14-15H,2,10,12-13H2,1H3,(H3,26,27)(H3,28,29)(H,30,33);2*(H,6,7). The van der Waals surface area contributed by atoms with Crippen LogP contribution in [0.1, 0.15) is 45.1 Å². The number of amidine groups is 2. The van der Waals surface area contributed by atoms with Crippen molar-refractivity contribution in [3.05, 3.63) is 94.3 Å². The first-order valence-corrected chi connectivity index (χ1v) is 13.2. The summed E-state index contributed by atoms with van der Waals surface area (Å²) in [4.78, 5) is 42.4. The number of esters is 1. The van der Waals surface area contributed by atoms with Crippen molar-refractivity contribution in [2.45, 2.75) is 32.2 Å². The monoisotopic (exact) mass is 688 g/mol. The van der Waals surface area contributed by atoms with E-state index in [9.17, 15) is 35.9 Å². The predicted molar refractivity (Wildman–Crippen MR) is 158 cm³/mol. The van der Waals surface area contributed by atoms with Crippen LogP contribution in [0.3, 0.4) is 0 Å². The summed E-state index contributed by atoms with van der Waals surface area (Å²) in [5.41, 5.74) is 15.5. The maximum Gasteiger partial charge on any atom is 0.490 e. The van der Waals surface area contributed by atoms with Crippen LogP contribution in [0.5, 0.6) is 0 Å². The van der Waals surface area contributed by atoms with Gasteiger partial charge in [0.1, 0.15) is 18.2 Å². The number of aromatic nitrogens is 1. The summed E-state index contributed by atoms with van der Waals surface area (Å²) in [5, 5.41) is 32.1. The zero-order valence-corrected chi connectivity index (χ0v) is 24.9. The van der Waals surface area contributed by atoms with Crippen molar-refractivity contribution in [3.8, 4) is 0 Å². The van der Waals surface area contributed by atoms with Crippen molar-refractivity contribution in [2.24, 2.45) is 11.5 Å². The van der Waals surface area contributed by atoms with E-state index in [0.29, 0.717) is 29.7 Å².